The van der Waals surface area contributed by atoms with Crippen molar-refractivity contribution in [2.75, 3.05) is 12.4 Å². The lowest BCUT2D eigenvalue weighted by Gasteiger charge is -2.02. The van der Waals surface area contributed by atoms with Crippen LogP contribution in [0.2, 0.25) is 0 Å². The van der Waals surface area contributed by atoms with Crippen molar-refractivity contribution in [3.63, 3.8) is 0 Å². The van der Waals surface area contributed by atoms with E-state index in [2.05, 4.69) is 14.7 Å². The van der Waals surface area contributed by atoms with Crippen molar-refractivity contribution in [3.8, 4) is 0 Å². The van der Waals surface area contributed by atoms with Crippen LogP contribution in [0.15, 0.2) is 0 Å². The first-order valence-electron chi connectivity index (χ1n) is 3.77. The van der Waals surface area contributed by atoms with Gasteiger partial charge in [-0.2, -0.15) is 4.37 Å². The maximum absolute atomic E-state index is 10.7. The molecule has 0 bridgehead atoms. The SMILES string of the molecule is COC(C)c1nsc(NC(C)=O)n1. The highest BCUT2D eigenvalue weighted by molar-refractivity contribution is 7.09. The van der Waals surface area contributed by atoms with E-state index in [1.165, 1.54) is 6.92 Å². The number of hydrogen-bond donors (Lipinski definition) is 1. The van der Waals surface area contributed by atoms with Crippen molar-refractivity contribution < 1.29 is 9.53 Å². The van der Waals surface area contributed by atoms with Gasteiger partial charge < -0.3 is 10.1 Å². The molecule has 0 fully saturated rings. The predicted molar refractivity (Wildman–Crippen MR) is 49.6 cm³/mol. The topological polar surface area (TPSA) is 64.1 Å². The summed E-state index contributed by atoms with van der Waals surface area (Å²) in [4.78, 5) is 14.7. The van der Waals surface area contributed by atoms with Gasteiger partial charge in [-0.15, -0.1) is 0 Å². The van der Waals surface area contributed by atoms with Gasteiger partial charge in [0.1, 0.15) is 6.10 Å². The first-order chi connectivity index (χ1) is 6.13. The fourth-order valence-electron chi connectivity index (χ4n) is 0.707. The molecule has 1 atom stereocenters. The number of nitrogens with zero attached hydrogens (tertiary/aromatic N) is 2. The highest BCUT2D eigenvalue weighted by Gasteiger charge is 2.11. The highest BCUT2D eigenvalue weighted by atomic mass is 32.1. The number of methoxy groups -OCH3 is 1. The second kappa shape index (κ2) is 4.29. The summed E-state index contributed by atoms with van der Waals surface area (Å²) in [6, 6.07) is 0. The summed E-state index contributed by atoms with van der Waals surface area (Å²) in [6.45, 7) is 3.28. The standard InChI is InChI=1S/C7H11N3O2S/c1-4(12-3)6-9-7(13-10-6)8-5(2)11/h4H,1-3H3,(H,8,9,10,11). The number of hydrogen-bond acceptors (Lipinski definition) is 5. The Balaban J connectivity index is 2.68. The molecule has 1 rings (SSSR count). The van der Waals surface area contributed by atoms with Crippen LogP contribution in [-0.4, -0.2) is 22.4 Å². The summed E-state index contributed by atoms with van der Waals surface area (Å²) < 4.78 is 9.05. The van der Waals surface area contributed by atoms with Gasteiger partial charge in [-0.3, -0.25) is 4.79 Å². The Kier molecular flexibility index (Phi) is 3.32. The van der Waals surface area contributed by atoms with Gasteiger partial charge in [0.05, 0.1) is 0 Å². The average molecular weight is 201 g/mol. The van der Waals surface area contributed by atoms with Gasteiger partial charge >= 0.3 is 0 Å². The zero-order chi connectivity index (χ0) is 9.84. The monoisotopic (exact) mass is 201 g/mol. The summed E-state index contributed by atoms with van der Waals surface area (Å²) >= 11 is 1.15. The van der Waals surface area contributed by atoms with E-state index in [0.29, 0.717) is 11.0 Å². The van der Waals surface area contributed by atoms with E-state index in [0.717, 1.165) is 11.5 Å². The summed E-state index contributed by atoms with van der Waals surface area (Å²) in [5.41, 5.74) is 0. The van der Waals surface area contributed by atoms with E-state index in [1.807, 2.05) is 6.92 Å². The van der Waals surface area contributed by atoms with Crippen LogP contribution in [0, 0.1) is 0 Å². The number of ether oxygens (including phenoxy) is 1. The third-order valence-corrected chi connectivity index (χ3v) is 2.09. The van der Waals surface area contributed by atoms with Crippen molar-refractivity contribution in [3.05, 3.63) is 5.82 Å². The zero-order valence-electron chi connectivity index (χ0n) is 7.70. The molecule has 5 nitrogen and oxygen atoms in total. The second-order valence-electron chi connectivity index (χ2n) is 2.52. The van der Waals surface area contributed by atoms with Crippen molar-refractivity contribution in [2.24, 2.45) is 0 Å². The van der Waals surface area contributed by atoms with Gasteiger partial charge in [0.2, 0.25) is 11.0 Å². The van der Waals surface area contributed by atoms with E-state index in [9.17, 15) is 4.79 Å². The molecule has 1 aromatic rings. The van der Waals surface area contributed by atoms with Crippen molar-refractivity contribution in [1.29, 1.82) is 0 Å². The van der Waals surface area contributed by atoms with E-state index >= 15 is 0 Å². The molecule has 0 aliphatic rings. The van der Waals surface area contributed by atoms with Gasteiger partial charge in [0.25, 0.3) is 0 Å². The molecule has 0 aliphatic heterocycles. The summed E-state index contributed by atoms with van der Waals surface area (Å²) in [6.07, 6.45) is -0.140. The molecule has 1 aromatic heterocycles. The summed E-state index contributed by atoms with van der Waals surface area (Å²) in [5, 5.41) is 3.06. The van der Waals surface area contributed by atoms with Gasteiger partial charge in [0.15, 0.2) is 5.82 Å². The maximum Gasteiger partial charge on any atom is 0.223 e. The molecule has 13 heavy (non-hydrogen) atoms. The summed E-state index contributed by atoms with van der Waals surface area (Å²) in [5.74, 6) is 0.448. The number of aromatic nitrogens is 2. The quantitative estimate of drug-likeness (QED) is 0.798. The number of carbonyl (C=O) groups excluding carboxylic acids is 1. The van der Waals surface area contributed by atoms with E-state index < -0.39 is 0 Å². The first-order valence-corrected chi connectivity index (χ1v) is 4.55. The van der Waals surface area contributed by atoms with Gasteiger partial charge in [-0.1, -0.05) is 0 Å². The third-order valence-electron chi connectivity index (χ3n) is 1.44. The van der Waals surface area contributed by atoms with Gasteiger partial charge in [-0.05, 0) is 6.92 Å². The van der Waals surface area contributed by atoms with Crippen LogP contribution in [0.1, 0.15) is 25.8 Å². The fraction of sp³-hybridized carbons (Fsp3) is 0.571. The Hall–Kier alpha value is -1.01. The first kappa shape index (κ1) is 10.1. The second-order valence-corrected chi connectivity index (χ2v) is 3.27. The molecule has 0 spiro atoms. The van der Waals surface area contributed by atoms with Crippen LogP contribution in [0.3, 0.4) is 0 Å². The Morgan fingerprint density at radius 1 is 1.69 bits per heavy atom. The van der Waals surface area contributed by atoms with Crippen LogP contribution < -0.4 is 5.32 Å². The Bertz CT molecular complexity index is 300. The molecule has 0 aromatic carbocycles. The summed E-state index contributed by atoms with van der Waals surface area (Å²) in [7, 11) is 1.59. The number of carbonyl (C=O) groups is 1. The minimum atomic E-state index is -0.146. The van der Waals surface area contributed by atoms with Gasteiger partial charge in [-0.25, -0.2) is 4.98 Å². The minimum Gasteiger partial charge on any atom is -0.374 e. The number of nitrogens with one attached hydrogen (secondary N) is 1. The average Bonchev–Trinajstić information content (AvgIpc) is 2.50. The van der Waals surface area contributed by atoms with Crippen molar-refractivity contribution in [2.45, 2.75) is 20.0 Å². The highest BCUT2D eigenvalue weighted by Crippen LogP contribution is 2.17. The van der Waals surface area contributed by atoms with Crippen LogP contribution in [0.5, 0.6) is 0 Å². The number of amides is 1. The molecular weight excluding hydrogens is 190 g/mol. The molecule has 6 heteroatoms. The molecule has 0 saturated heterocycles. The Morgan fingerprint density at radius 2 is 2.38 bits per heavy atom. The molecule has 1 N–H and O–H groups in total. The van der Waals surface area contributed by atoms with Crippen LogP contribution in [0.4, 0.5) is 5.13 Å². The molecule has 0 aliphatic carbocycles. The molecule has 1 unspecified atom stereocenters. The number of rotatable bonds is 3. The van der Waals surface area contributed by atoms with E-state index in [-0.39, 0.29) is 12.0 Å². The number of anilines is 1. The molecule has 0 saturated carbocycles. The van der Waals surface area contributed by atoms with Crippen molar-refractivity contribution in [1.82, 2.24) is 9.36 Å². The van der Waals surface area contributed by atoms with E-state index in [1.54, 1.807) is 7.11 Å². The normalized spacial score (nSPS) is 12.5. The maximum atomic E-state index is 10.7. The molecular formula is C7H11N3O2S. The molecule has 1 heterocycles. The fourth-order valence-corrected chi connectivity index (χ4v) is 1.40. The van der Waals surface area contributed by atoms with Crippen LogP contribution in [-0.2, 0) is 9.53 Å². The lowest BCUT2D eigenvalue weighted by atomic mass is 10.4. The zero-order valence-corrected chi connectivity index (χ0v) is 8.51. The van der Waals surface area contributed by atoms with Crippen LogP contribution >= 0.6 is 11.5 Å². The Labute approximate surface area is 80.3 Å². The van der Waals surface area contributed by atoms with Crippen molar-refractivity contribution >= 4 is 22.6 Å². The van der Waals surface area contributed by atoms with Gasteiger partial charge in [0, 0.05) is 25.6 Å². The largest absolute Gasteiger partial charge is 0.374 e. The predicted octanol–water partition coefficient (Wildman–Crippen LogP) is 1.20. The van der Waals surface area contributed by atoms with E-state index in [4.69, 9.17) is 4.74 Å². The molecule has 72 valence electrons. The minimum absolute atomic E-state index is 0.140. The Morgan fingerprint density at radius 3 is 2.92 bits per heavy atom. The lowest BCUT2D eigenvalue weighted by Crippen LogP contribution is -2.05. The molecule has 1 amide bonds. The lowest BCUT2D eigenvalue weighted by molar-refractivity contribution is -0.114. The third kappa shape index (κ3) is 2.74. The smallest absolute Gasteiger partial charge is 0.223 e. The molecule has 0 radical (unpaired) electrons. The van der Waals surface area contributed by atoms with Crippen LogP contribution in [0.25, 0.3) is 0 Å².